The second-order valence-corrected chi connectivity index (χ2v) is 17.2. The molecule has 0 aliphatic carbocycles. The van der Waals surface area contributed by atoms with Gasteiger partial charge < -0.3 is 0 Å². The molecule has 2 heteroatoms. The smallest absolute Gasteiger partial charge is 0.147 e. The minimum Gasteiger partial charge on any atom is -0.292 e. The topological polar surface area (TPSA) is 17.3 Å². The molecular formula is C46H60N2. The van der Waals surface area contributed by atoms with E-state index < -0.39 is 0 Å². The lowest BCUT2D eigenvalue weighted by Crippen LogP contribution is -2.39. The Labute approximate surface area is 290 Å². The van der Waals surface area contributed by atoms with E-state index in [2.05, 4.69) is 146 Å². The van der Waals surface area contributed by atoms with Crippen molar-refractivity contribution < 1.29 is 0 Å². The normalized spacial score (nSPS) is 15.5. The lowest BCUT2D eigenvalue weighted by atomic mass is 9.58. The molecule has 4 aromatic carbocycles. The summed E-state index contributed by atoms with van der Waals surface area (Å²) in [6.45, 7) is 24.2. The van der Waals surface area contributed by atoms with E-state index in [1.54, 1.807) is 0 Å². The Hall–Kier alpha value is -3.39. The lowest BCUT2D eigenvalue weighted by Gasteiger charge is -2.46. The van der Waals surface area contributed by atoms with Crippen LogP contribution in [-0.2, 0) is 11.8 Å². The molecule has 0 bridgehead atoms. The van der Waals surface area contributed by atoms with Gasteiger partial charge in [0.05, 0.1) is 16.6 Å². The molecule has 0 radical (unpaired) electrons. The first kappa shape index (κ1) is 34.5. The molecule has 2 heterocycles. The highest BCUT2D eigenvalue weighted by atomic mass is 15.0. The van der Waals surface area contributed by atoms with Gasteiger partial charge in [-0.25, -0.2) is 4.98 Å². The zero-order valence-corrected chi connectivity index (χ0v) is 31.7. The summed E-state index contributed by atoms with van der Waals surface area (Å²) in [5.41, 5.74) is 8.39. The van der Waals surface area contributed by atoms with Crippen LogP contribution in [0, 0.1) is 16.2 Å². The number of unbranched alkanes of at least 4 members (excludes halogenated alkanes) is 1. The van der Waals surface area contributed by atoms with Crippen LogP contribution in [0.5, 0.6) is 0 Å². The van der Waals surface area contributed by atoms with Crippen LogP contribution in [0.2, 0.25) is 0 Å². The second kappa shape index (κ2) is 12.8. The summed E-state index contributed by atoms with van der Waals surface area (Å²) in [7, 11) is 0. The molecule has 0 amide bonds. The van der Waals surface area contributed by atoms with Crippen molar-refractivity contribution in [3.8, 4) is 0 Å². The number of para-hydroxylation sites is 1. The van der Waals surface area contributed by atoms with E-state index >= 15 is 0 Å². The van der Waals surface area contributed by atoms with E-state index in [1.807, 2.05) is 0 Å². The van der Waals surface area contributed by atoms with E-state index in [0.29, 0.717) is 10.8 Å². The van der Waals surface area contributed by atoms with Crippen LogP contribution in [0.15, 0.2) is 72.8 Å². The summed E-state index contributed by atoms with van der Waals surface area (Å²) in [5.74, 6) is 0. The number of rotatable bonds is 11. The molecule has 254 valence electrons. The maximum absolute atomic E-state index is 5.50. The Morgan fingerprint density at radius 3 is 1.98 bits per heavy atom. The van der Waals surface area contributed by atoms with E-state index in [1.165, 1.54) is 94.0 Å². The number of fused-ring (bicyclic) bond motifs is 10. The number of hydrogen-bond donors (Lipinski definition) is 0. The first-order valence-electron chi connectivity index (χ1n) is 19.0. The van der Waals surface area contributed by atoms with Crippen LogP contribution in [0.3, 0.4) is 0 Å². The molecule has 2 unspecified atom stereocenters. The van der Waals surface area contributed by atoms with Gasteiger partial charge in [0, 0.05) is 16.2 Å². The molecule has 0 fully saturated rings. The third-order valence-corrected chi connectivity index (χ3v) is 12.8. The third kappa shape index (κ3) is 5.62. The quantitative estimate of drug-likeness (QED) is 0.129. The summed E-state index contributed by atoms with van der Waals surface area (Å²) in [4.78, 5) is 5.50. The summed E-state index contributed by atoms with van der Waals surface area (Å²) < 4.78 is 2.44. The highest BCUT2D eigenvalue weighted by Crippen LogP contribution is 2.51. The summed E-state index contributed by atoms with van der Waals surface area (Å²) in [5, 5.41) is 6.56. The number of pyridine rings is 1. The van der Waals surface area contributed by atoms with Gasteiger partial charge in [-0.2, -0.15) is 0 Å². The number of aryl methyl sites for hydroxylation is 1. The van der Waals surface area contributed by atoms with Crippen LogP contribution in [0.25, 0.3) is 49.1 Å². The van der Waals surface area contributed by atoms with Gasteiger partial charge >= 0.3 is 0 Å². The van der Waals surface area contributed by atoms with Crippen molar-refractivity contribution in [2.75, 3.05) is 0 Å². The van der Waals surface area contributed by atoms with Gasteiger partial charge in [-0.1, -0.05) is 143 Å². The molecule has 2 nitrogen and oxygen atoms in total. The predicted molar refractivity (Wildman–Crippen MR) is 212 cm³/mol. The van der Waals surface area contributed by atoms with Crippen molar-refractivity contribution in [2.45, 2.75) is 132 Å². The van der Waals surface area contributed by atoms with Crippen LogP contribution in [-0.4, -0.2) is 9.38 Å². The maximum Gasteiger partial charge on any atom is 0.147 e. The average molecular weight is 641 g/mol. The van der Waals surface area contributed by atoms with Gasteiger partial charge in [-0.05, 0) is 100 Å². The number of benzene rings is 4. The van der Waals surface area contributed by atoms with Gasteiger partial charge in [-0.15, -0.1) is 0 Å². The molecule has 2 atom stereocenters. The van der Waals surface area contributed by atoms with Gasteiger partial charge in [-0.3, -0.25) is 4.40 Å². The fraction of sp³-hybridized carbons (Fsp3) is 0.500. The molecule has 0 N–H and O–H groups in total. The number of imidazole rings is 1. The minimum atomic E-state index is 0.0940. The zero-order chi connectivity index (χ0) is 34.5. The summed E-state index contributed by atoms with van der Waals surface area (Å²) >= 11 is 0. The largest absolute Gasteiger partial charge is 0.292 e. The van der Waals surface area contributed by atoms with Gasteiger partial charge in [0.2, 0.25) is 0 Å². The van der Waals surface area contributed by atoms with Crippen molar-refractivity contribution >= 4 is 49.1 Å². The van der Waals surface area contributed by atoms with Crippen molar-refractivity contribution in [3.63, 3.8) is 0 Å². The molecule has 2 aromatic heterocycles. The summed E-state index contributed by atoms with van der Waals surface area (Å²) in [6, 6.07) is 27.8. The maximum atomic E-state index is 5.50. The number of hydrogen-bond acceptors (Lipinski definition) is 1. The molecule has 0 saturated heterocycles. The highest BCUT2D eigenvalue weighted by Gasteiger charge is 2.42. The Morgan fingerprint density at radius 2 is 1.29 bits per heavy atom. The predicted octanol–water partition coefficient (Wildman–Crippen LogP) is 14.0. The van der Waals surface area contributed by atoms with Gasteiger partial charge in [0.25, 0.3) is 0 Å². The SMILES string of the molecule is CCCCC(C)(CCCc1ccc2c(c1)nc1c3c4cccc(C(CC)(CCC)C(C)(C)C)c4ccc3c3ccccc3n21)C(C)(C)C. The molecule has 6 rings (SSSR count). The zero-order valence-electron chi connectivity index (χ0n) is 31.7. The fourth-order valence-electron chi connectivity index (χ4n) is 9.19. The van der Waals surface area contributed by atoms with E-state index in [-0.39, 0.29) is 10.8 Å². The van der Waals surface area contributed by atoms with Crippen LogP contribution in [0.4, 0.5) is 0 Å². The lowest BCUT2D eigenvalue weighted by molar-refractivity contribution is 0.0794. The van der Waals surface area contributed by atoms with Gasteiger partial charge in [0.15, 0.2) is 0 Å². The van der Waals surface area contributed by atoms with Gasteiger partial charge in [0.1, 0.15) is 5.65 Å². The second-order valence-electron chi connectivity index (χ2n) is 17.2. The number of nitrogens with zero attached hydrogens (tertiary/aromatic N) is 2. The first-order chi connectivity index (χ1) is 22.8. The molecule has 6 aromatic rings. The van der Waals surface area contributed by atoms with Crippen LogP contribution >= 0.6 is 0 Å². The monoisotopic (exact) mass is 640 g/mol. The molecule has 0 saturated carbocycles. The Balaban J connectivity index is 1.53. The third-order valence-electron chi connectivity index (χ3n) is 12.8. The van der Waals surface area contributed by atoms with E-state index in [0.717, 1.165) is 24.0 Å². The van der Waals surface area contributed by atoms with Crippen LogP contribution in [0.1, 0.15) is 132 Å². The molecule has 0 aliphatic heterocycles. The van der Waals surface area contributed by atoms with Crippen molar-refractivity contribution in [1.82, 2.24) is 9.38 Å². The fourth-order valence-corrected chi connectivity index (χ4v) is 9.19. The molecule has 0 aliphatic rings. The van der Waals surface area contributed by atoms with Crippen molar-refractivity contribution in [2.24, 2.45) is 16.2 Å². The Morgan fingerprint density at radius 1 is 0.604 bits per heavy atom. The van der Waals surface area contributed by atoms with Crippen LogP contribution < -0.4 is 0 Å². The molecule has 0 spiro atoms. The molecule has 48 heavy (non-hydrogen) atoms. The Kier molecular flexibility index (Phi) is 9.20. The molecular weight excluding hydrogens is 581 g/mol. The minimum absolute atomic E-state index is 0.0940. The summed E-state index contributed by atoms with van der Waals surface area (Å²) in [6.07, 6.45) is 10.9. The number of aromatic nitrogens is 2. The van der Waals surface area contributed by atoms with E-state index in [9.17, 15) is 0 Å². The average Bonchev–Trinajstić information content (AvgIpc) is 3.43. The highest BCUT2D eigenvalue weighted by molar-refractivity contribution is 6.23. The van der Waals surface area contributed by atoms with Crippen molar-refractivity contribution in [3.05, 3.63) is 83.9 Å². The first-order valence-corrected chi connectivity index (χ1v) is 19.0. The standard InChI is InChI=1S/C46H60N2/c1-11-14-29-45(10,43(4,5)6)30-18-19-32-24-27-40-38(31-32)47-42-41-35-21-17-22-37(46(13-3,28-12-2)44(7,8)9)33(35)25-26-36(41)34-20-15-16-23-39(34)48(40)42/h15-17,20-27,31H,11-14,18-19,28-30H2,1-10H3. The van der Waals surface area contributed by atoms with Crippen molar-refractivity contribution in [1.29, 1.82) is 0 Å². The Bertz CT molecular complexity index is 2080. The van der Waals surface area contributed by atoms with E-state index in [4.69, 9.17) is 4.98 Å².